The smallest absolute Gasteiger partial charge is 0.488 e. The van der Waals surface area contributed by atoms with E-state index in [2.05, 4.69) is 6.58 Å². The van der Waals surface area contributed by atoms with Gasteiger partial charge in [0.2, 0.25) is 0 Å². The van der Waals surface area contributed by atoms with Crippen molar-refractivity contribution in [3.8, 4) is 0 Å². The van der Waals surface area contributed by atoms with Crippen LogP contribution in [0, 0.1) is 0 Å². The fraction of sp³-hybridized carbons (Fsp3) is 0.423. The number of hydrogen-bond donors (Lipinski definition) is 0. The van der Waals surface area contributed by atoms with Crippen molar-refractivity contribution in [2.75, 3.05) is 6.61 Å². The number of allylic oxidation sites excluding steroid dienone is 3. The third-order valence-electron chi connectivity index (χ3n) is 6.11. The molecule has 0 N–H and O–H groups in total. The molecule has 2 aromatic rings. The molecule has 0 amide bonds. The largest absolute Gasteiger partial charge is 0.494 e. The second-order valence-corrected chi connectivity index (χ2v) is 8.97. The highest BCUT2D eigenvalue weighted by molar-refractivity contribution is 6.62. The lowest BCUT2D eigenvalue weighted by molar-refractivity contribution is -0.142. The lowest BCUT2D eigenvalue weighted by atomic mass is 9.78. The molecule has 0 bridgehead atoms. The van der Waals surface area contributed by atoms with E-state index in [1.54, 1.807) is 19.3 Å². The summed E-state index contributed by atoms with van der Waals surface area (Å²) in [5.41, 5.74) is 2.38. The SMILES string of the molecule is C=C/C(CC(=O)OCC)=C(\C=C/C)OCc1coc2ccc(B3OC(C)(C)C(C)(C)O3)cc12. The number of carbonyl (C=O) groups excluding carboxylic acids is 1. The van der Waals surface area contributed by atoms with Gasteiger partial charge in [0, 0.05) is 16.5 Å². The summed E-state index contributed by atoms with van der Waals surface area (Å²) < 4.78 is 29.3. The summed E-state index contributed by atoms with van der Waals surface area (Å²) in [6.45, 7) is 16.2. The van der Waals surface area contributed by atoms with Crippen molar-refractivity contribution >= 4 is 29.5 Å². The first kappa shape index (κ1) is 24.9. The van der Waals surface area contributed by atoms with E-state index >= 15 is 0 Å². The van der Waals surface area contributed by atoms with Gasteiger partial charge in [-0.1, -0.05) is 30.9 Å². The Kier molecular flexibility index (Phi) is 7.55. The van der Waals surface area contributed by atoms with Crippen LogP contribution in [-0.4, -0.2) is 30.9 Å². The Morgan fingerprint density at radius 3 is 2.45 bits per heavy atom. The molecule has 6 nitrogen and oxygen atoms in total. The maximum absolute atomic E-state index is 12.0. The van der Waals surface area contributed by atoms with Crippen molar-refractivity contribution in [2.24, 2.45) is 0 Å². The van der Waals surface area contributed by atoms with E-state index in [0.29, 0.717) is 17.9 Å². The van der Waals surface area contributed by atoms with Crippen LogP contribution in [-0.2, 0) is 30.2 Å². The minimum atomic E-state index is -0.460. The molecule has 0 spiro atoms. The van der Waals surface area contributed by atoms with Crippen molar-refractivity contribution < 1.29 is 28.0 Å². The molecule has 3 rings (SSSR count). The predicted molar refractivity (Wildman–Crippen MR) is 130 cm³/mol. The van der Waals surface area contributed by atoms with Crippen molar-refractivity contribution in [2.45, 2.75) is 65.8 Å². The van der Waals surface area contributed by atoms with Crippen LogP contribution < -0.4 is 5.46 Å². The summed E-state index contributed by atoms with van der Waals surface area (Å²) in [5.74, 6) is 0.246. The topological polar surface area (TPSA) is 67.1 Å². The average molecular weight is 452 g/mol. The van der Waals surface area contributed by atoms with E-state index in [4.69, 9.17) is 23.2 Å². The van der Waals surface area contributed by atoms with Crippen LogP contribution in [0.25, 0.3) is 11.0 Å². The van der Waals surface area contributed by atoms with Crippen LogP contribution in [0.5, 0.6) is 0 Å². The first-order valence-corrected chi connectivity index (χ1v) is 11.2. The minimum absolute atomic E-state index is 0.0925. The Morgan fingerprint density at radius 2 is 1.85 bits per heavy atom. The zero-order valence-corrected chi connectivity index (χ0v) is 20.4. The number of esters is 1. The number of furan rings is 1. The zero-order valence-electron chi connectivity index (χ0n) is 20.4. The second kappa shape index (κ2) is 10.0. The molecule has 1 aromatic heterocycles. The summed E-state index contributed by atoms with van der Waals surface area (Å²) in [6.07, 6.45) is 7.07. The summed E-state index contributed by atoms with van der Waals surface area (Å²) in [6, 6.07) is 5.89. The molecule has 0 unspecified atom stereocenters. The third-order valence-corrected chi connectivity index (χ3v) is 6.11. The number of carbonyl (C=O) groups is 1. The van der Waals surface area contributed by atoms with Gasteiger partial charge in [0.1, 0.15) is 17.9 Å². The molecule has 1 aliphatic heterocycles. The molecule has 1 aliphatic rings. The van der Waals surface area contributed by atoms with Crippen LogP contribution in [0.2, 0.25) is 0 Å². The lowest BCUT2D eigenvalue weighted by Gasteiger charge is -2.32. The molecule has 0 radical (unpaired) electrons. The minimum Gasteiger partial charge on any atom is -0.488 e. The van der Waals surface area contributed by atoms with Crippen LogP contribution in [0.1, 0.15) is 53.5 Å². The second-order valence-electron chi connectivity index (χ2n) is 8.97. The number of fused-ring (bicyclic) bond motifs is 1. The van der Waals surface area contributed by atoms with Crippen molar-refractivity contribution in [1.29, 1.82) is 0 Å². The summed E-state index contributed by atoms with van der Waals surface area (Å²) in [4.78, 5) is 12.0. The summed E-state index contributed by atoms with van der Waals surface area (Å²) >= 11 is 0. The van der Waals surface area contributed by atoms with E-state index < -0.39 is 18.3 Å². The van der Waals surface area contributed by atoms with Gasteiger partial charge in [-0.3, -0.25) is 4.79 Å². The van der Waals surface area contributed by atoms with E-state index in [9.17, 15) is 4.79 Å². The van der Waals surface area contributed by atoms with Gasteiger partial charge in [0.15, 0.2) is 0 Å². The first-order valence-electron chi connectivity index (χ1n) is 11.2. The Balaban J connectivity index is 1.84. The van der Waals surface area contributed by atoms with E-state index in [0.717, 1.165) is 22.0 Å². The molecule has 0 aliphatic carbocycles. The van der Waals surface area contributed by atoms with Crippen molar-refractivity contribution in [3.05, 3.63) is 66.2 Å². The highest BCUT2D eigenvalue weighted by Gasteiger charge is 2.51. The Hall–Kier alpha value is -2.77. The number of ether oxygens (including phenoxy) is 2. The van der Waals surface area contributed by atoms with Gasteiger partial charge in [-0.25, -0.2) is 0 Å². The van der Waals surface area contributed by atoms with Crippen LogP contribution in [0.4, 0.5) is 0 Å². The van der Waals surface area contributed by atoms with Gasteiger partial charge in [-0.15, -0.1) is 0 Å². The average Bonchev–Trinajstić information content (AvgIpc) is 3.26. The van der Waals surface area contributed by atoms with Crippen molar-refractivity contribution in [1.82, 2.24) is 0 Å². The van der Waals surface area contributed by atoms with Crippen LogP contribution in [0.15, 0.2) is 65.0 Å². The summed E-state index contributed by atoms with van der Waals surface area (Å²) in [5, 5.41) is 0.924. The Bertz CT molecular complexity index is 1060. The maximum Gasteiger partial charge on any atom is 0.494 e. The first-order chi connectivity index (χ1) is 15.6. The van der Waals surface area contributed by atoms with Gasteiger partial charge in [0.25, 0.3) is 0 Å². The number of rotatable bonds is 9. The standard InChI is InChI=1S/C26H33BO6/c1-8-11-22(18(9-2)14-24(28)29-10-3)30-16-19-17-31-23-13-12-20(15-21(19)23)27-32-25(4,5)26(6,7)33-27/h8-9,11-13,15,17H,2,10,14,16H2,1,3-7H3/b11-8-,22-18-. The molecular weight excluding hydrogens is 419 g/mol. The van der Waals surface area contributed by atoms with Crippen LogP contribution in [0.3, 0.4) is 0 Å². The van der Waals surface area contributed by atoms with Gasteiger partial charge < -0.3 is 23.2 Å². The molecule has 1 saturated heterocycles. The molecule has 2 heterocycles. The lowest BCUT2D eigenvalue weighted by Crippen LogP contribution is -2.41. The normalized spacial score (nSPS) is 17.9. The highest BCUT2D eigenvalue weighted by Crippen LogP contribution is 2.36. The maximum atomic E-state index is 12.0. The highest BCUT2D eigenvalue weighted by atomic mass is 16.7. The van der Waals surface area contributed by atoms with E-state index in [1.165, 1.54) is 0 Å². The van der Waals surface area contributed by atoms with Gasteiger partial charge in [-0.05, 0) is 59.1 Å². The fourth-order valence-corrected chi connectivity index (χ4v) is 3.52. The Morgan fingerprint density at radius 1 is 1.15 bits per heavy atom. The molecule has 176 valence electrons. The van der Waals surface area contributed by atoms with E-state index in [1.807, 2.05) is 65.0 Å². The quantitative estimate of drug-likeness (QED) is 0.225. The number of hydrogen-bond acceptors (Lipinski definition) is 6. The molecule has 0 atom stereocenters. The zero-order chi connectivity index (χ0) is 24.2. The number of benzene rings is 1. The third kappa shape index (κ3) is 5.42. The summed E-state index contributed by atoms with van der Waals surface area (Å²) in [7, 11) is -0.460. The molecule has 33 heavy (non-hydrogen) atoms. The molecule has 1 aromatic carbocycles. The van der Waals surface area contributed by atoms with Gasteiger partial charge in [0.05, 0.1) is 30.5 Å². The van der Waals surface area contributed by atoms with Gasteiger partial charge >= 0.3 is 13.1 Å². The van der Waals surface area contributed by atoms with Gasteiger partial charge in [-0.2, -0.15) is 0 Å². The van der Waals surface area contributed by atoms with Crippen LogP contribution >= 0.6 is 0 Å². The predicted octanol–water partition coefficient (Wildman–Crippen LogP) is 5.22. The van der Waals surface area contributed by atoms with Crippen molar-refractivity contribution in [3.63, 3.8) is 0 Å². The molecule has 1 fully saturated rings. The Labute approximate surface area is 196 Å². The molecule has 7 heteroatoms. The molecular formula is C26H33BO6. The van der Waals surface area contributed by atoms with E-state index in [-0.39, 0.29) is 19.0 Å². The molecule has 0 saturated carbocycles. The fourth-order valence-electron chi connectivity index (χ4n) is 3.52. The monoisotopic (exact) mass is 452 g/mol.